The highest BCUT2D eigenvalue weighted by molar-refractivity contribution is 6.28. The molecular weight excluding hydrogens is 270 g/mol. The third-order valence-electron chi connectivity index (χ3n) is 3.45. The quantitative estimate of drug-likeness (QED) is 0.754. The molecule has 0 radical (unpaired) electrons. The molecule has 0 unspecified atom stereocenters. The van der Waals surface area contributed by atoms with E-state index in [-0.39, 0.29) is 0 Å². The standard InChI is InChI=1S/C17H22ClNO/c1-11(2)13-5-7-16(15(9-13)12(3)4)19-10-14-6-8-17(18)20-14/h5-9,11-12,19H,10H2,1-4H3. The van der Waals surface area contributed by atoms with Gasteiger partial charge in [0.15, 0.2) is 5.22 Å². The van der Waals surface area contributed by atoms with Crippen LogP contribution in [0.1, 0.15) is 56.4 Å². The van der Waals surface area contributed by atoms with Gasteiger partial charge in [0.25, 0.3) is 0 Å². The fraction of sp³-hybridized carbons (Fsp3) is 0.412. The van der Waals surface area contributed by atoms with Gasteiger partial charge < -0.3 is 9.73 Å². The number of benzene rings is 1. The molecule has 0 saturated heterocycles. The summed E-state index contributed by atoms with van der Waals surface area (Å²) in [5.41, 5.74) is 3.88. The van der Waals surface area contributed by atoms with E-state index < -0.39 is 0 Å². The smallest absolute Gasteiger partial charge is 0.193 e. The molecule has 2 nitrogen and oxygen atoms in total. The van der Waals surface area contributed by atoms with Gasteiger partial charge in [-0.15, -0.1) is 0 Å². The molecule has 1 aromatic heterocycles. The van der Waals surface area contributed by atoms with Crippen LogP contribution < -0.4 is 5.32 Å². The number of furan rings is 1. The second-order valence-electron chi connectivity index (χ2n) is 5.72. The highest BCUT2D eigenvalue weighted by Crippen LogP contribution is 2.29. The number of nitrogens with one attached hydrogen (secondary N) is 1. The third kappa shape index (κ3) is 3.57. The van der Waals surface area contributed by atoms with E-state index in [1.54, 1.807) is 6.07 Å². The Kier molecular flexibility index (Phi) is 4.77. The highest BCUT2D eigenvalue weighted by Gasteiger charge is 2.10. The zero-order chi connectivity index (χ0) is 14.7. The first-order valence-electron chi connectivity index (χ1n) is 7.09. The van der Waals surface area contributed by atoms with Gasteiger partial charge in [-0.2, -0.15) is 0 Å². The van der Waals surface area contributed by atoms with Gasteiger partial charge in [0.05, 0.1) is 6.54 Å². The van der Waals surface area contributed by atoms with E-state index in [2.05, 4.69) is 51.2 Å². The van der Waals surface area contributed by atoms with Gasteiger partial charge in [0.2, 0.25) is 0 Å². The number of hydrogen-bond donors (Lipinski definition) is 1. The van der Waals surface area contributed by atoms with Crippen molar-refractivity contribution in [2.24, 2.45) is 0 Å². The van der Waals surface area contributed by atoms with E-state index in [9.17, 15) is 0 Å². The van der Waals surface area contributed by atoms with Crippen molar-refractivity contribution in [1.29, 1.82) is 0 Å². The van der Waals surface area contributed by atoms with Crippen LogP contribution >= 0.6 is 11.6 Å². The van der Waals surface area contributed by atoms with Crippen LogP contribution in [0.4, 0.5) is 5.69 Å². The van der Waals surface area contributed by atoms with E-state index in [1.807, 2.05) is 6.07 Å². The molecule has 1 aromatic carbocycles. The molecule has 0 fully saturated rings. The lowest BCUT2D eigenvalue weighted by Crippen LogP contribution is -2.04. The lowest BCUT2D eigenvalue weighted by molar-refractivity contribution is 0.520. The molecule has 0 aliphatic heterocycles. The summed E-state index contributed by atoms with van der Waals surface area (Å²) in [4.78, 5) is 0. The zero-order valence-electron chi connectivity index (χ0n) is 12.5. The Morgan fingerprint density at radius 3 is 2.35 bits per heavy atom. The third-order valence-corrected chi connectivity index (χ3v) is 3.65. The van der Waals surface area contributed by atoms with Crippen molar-refractivity contribution in [3.63, 3.8) is 0 Å². The minimum absolute atomic E-state index is 0.432. The van der Waals surface area contributed by atoms with Crippen LogP contribution in [0.25, 0.3) is 0 Å². The van der Waals surface area contributed by atoms with Gasteiger partial charge in [-0.1, -0.05) is 39.8 Å². The normalized spacial score (nSPS) is 11.3. The molecular formula is C17H22ClNO. The Hall–Kier alpha value is -1.41. The molecule has 0 aliphatic rings. The highest BCUT2D eigenvalue weighted by atomic mass is 35.5. The molecule has 0 atom stereocenters. The van der Waals surface area contributed by atoms with Gasteiger partial charge in [-0.25, -0.2) is 0 Å². The van der Waals surface area contributed by atoms with Crippen molar-refractivity contribution in [2.45, 2.75) is 46.1 Å². The van der Waals surface area contributed by atoms with Crippen LogP contribution in [0, 0.1) is 0 Å². The summed E-state index contributed by atoms with van der Waals surface area (Å²) in [7, 11) is 0. The molecule has 1 N–H and O–H groups in total. The Labute approximate surface area is 126 Å². The maximum Gasteiger partial charge on any atom is 0.193 e. The Bertz CT molecular complexity index is 572. The second kappa shape index (κ2) is 6.36. The molecule has 1 heterocycles. The molecule has 3 heteroatoms. The van der Waals surface area contributed by atoms with Crippen LogP contribution in [0.2, 0.25) is 5.22 Å². The number of rotatable bonds is 5. The molecule has 0 amide bonds. The average Bonchev–Trinajstić information content (AvgIpc) is 2.81. The lowest BCUT2D eigenvalue weighted by atomic mass is 9.94. The zero-order valence-corrected chi connectivity index (χ0v) is 13.3. The summed E-state index contributed by atoms with van der Waals surface area (Å²) in [5, 5.41) is 3.87. The molecule has 2 rings (SSSR count). The number of halogens is 1. The SMILES string of the molecule is CC(C)c1ccc(NCc2ccc(Cl)o2)c(C(C)C)c1. The molecule has 0 bridgehead atoms. The fourth-order valence-electron chi connectivity index (χ4n) is 2.21. The van der Waals surface area contributed by atoms with Crippen molar-refractivity contribution in [3.8, 4) is 0 Å². The summed E-state index contributed by atoms with van der Waals surface area (Å²) in [6.45, 7) is 9.52. The molecule has 108 valence electrons. The van der Waals surface area contributed by atoms with Crippen molar-refractivity contribution in [1.82, 2.24) is 0 Å². The fourth-order valence-corrected chi connectivity index (χ4v) is 2.37. The van der Waals surface area contributed by atoms with Crippen molar-refractivity contribution < 1.29 is 4.42 Å². The Morgan fingerprint density at radius 1 is 1.05 bits per heavy atom. The minimum atomic E-state index is 0.432. The molecule has 0 saturated carbocycles. The summed E-state index contributed by atoms with van der Waals surface area (Å²) in [5.74, 6) is 1.87. The number of hydrogen-bond acceptors (Lipinski definition) is 2. The van der Waals surface area contributed by atoms with Crippen LogP contribution in [0.5, 0.6) is 0 Å². The predicted octanol–water partition coefficient (Wildman–Crippen LogP) is 5.79. The predicted molar refractivity (Wildman–Crippen MR) is 85.7 cm³/mol. The van der Waals surface area contributed by atoms with Crippen molar-refractivity contribution >= 4 is 17.3 Å². The van der Waals surface area contributed by atoms with Crippen molar-refractivity contribution in [2.75, 3.05) is 5.32 Å². The van der Waals surface area contributed by atoms with Crippen LogP contribution in [-0.4, -0.2) is 0 Å². The van der Waals surface area contributed by atoms with Gasteiger partial charge >= 0.3 is 0 Å². The summed E-state index contributed by atoms with van der Waals surface area (Å²) in [6.07, 6.45) is 0. The van der Waals surface area contributed by atoms with E-state index in [0.29, 0.717) is 23.6 Å². The molecule has 0 aliphatic carbocycles. The monoisotopic (exact) mass is 291 g/mol. The van der Waals surface area contributed by atoms with Gasteiger partial charge in [0.1, 0.15) is 5.76 Å². The summed E-state index contributed by atoms with van der Waals surface area (Å²) in [6, 6.07) is 10.3. The van der Waals surface area contributed by atoms with Crippen LogP contribution in [0.3, 0.4) is 0 Å². The van der Waals surface area contributed by atoms with Crippen molar-refractivity contribution in [3.05, 3.63) is 52.4 Å². The van der Waals surface area contributed by atoms with E-state index in [1.165, 1.54) is 11.1 Å². The van der Waals surface area contributed by atoms with Crippen LogP contribution in [-0.2, 0) is 6.54 Å². The maximum atomic E-state index is 5.79. The van der Waals surface area contributed by atoms with Crippen LogP contribution in [0.15, 0.2) is 34.7 Å². The molecule has 2 aromatic rings. The summed E-state index contributed by atoms with van der Waals surface area (Å²) < 4.78 is 5.37. The largest absolute Gasteiger partial charge is 0.448 e. The number of anilines is 1. The lowest BCUT2D eigenvalue weighted by Gasteiger charge is -2.17. The molecule has 20 heavy (non-hydrogen) atoms. The summed E-state index contributed by atoms with van der Waals surface area (Å²) >= 11 is 5.79. The Balaban J connectivity index is 2.18. The second-order valence-corrected chi connectivity index (χ2v) is 6.09. The Morgan fingerprint density at radius 2 is 1.80 bits per heavy atom. The molecule has 0 spiro atoms. The van der Waals surface area contributed by atoms with Gasteiger partial charge in [-0.3, -0.25) is 0 Å². The first kappa shape index (κ1) is 15.0. The maximum absolute atomic E-state index is 5.79. The van der Waals surface area contributed by atoms with Gasteiger partial charge in [-0.05, 0) is 52.8 Å². The first-order valence-corrected chi connectivity index (χ1v) is 7.47. The van der Waals surface area contributed by atoms with Gasteiger partial charge in [0, 0.05) is 5.69 Å². The van der Waals surface area contributed by atoms with E-state index in [4.69, 9.17) is 16.0 Å². The average molecular weight is 292 g/mol. The van der Waals surface area contributed by atoms with E-state index >= 15 is 0 Å². The first-order chi connectivity index (χ1) is 9.47. The minimum Gasteiger partial charge on any atom is -0.448 e. The topological polar surface area (TPSA) is 25.2 Å². The van der Waals surface area contributed by atoms with E-state index in [0.717, 1.165) is 11.4 Å².